The third-order valence-corrected chi connectivity index (χ3v) is 4.86. The molecule has 0 radical (unpaired) electrons. The number of unbranched alkanes of at least 4 members (excludes halogenated alkanes) is 3. The largest absolute Gasteiger partial charge is 0.396 e. The van der Waals surface area contributed by atoms with Gasteiger partial charge in [0.2, 0.25) is 0 Å². The Balaban J connectivity index is 1.57. The maximum atomic E-state index is 10.2. The van der Waals surface area contributed by atoms with Crippen molar-refractivity contribution in [2.75, 3.05) is 18.8 Å². The summed E-state index contributed by atoms with van der Waals surface area (Å²) in [4.78, 5) is 0. The number of hydrogen-bond acceptors (Lipinski definition) is 3. The Morgan fingerprint density at radius 2 is 1.60 bits per heavy atom. The molecule has 0 aliphatic heterocycles. The van der Waals surface area contributed by atoms with E-state index in [9.17, 15) is 5.11 Å². The van der Waals surface area contributed by atoms with Crippen LogP contribution < -0.4 is 11.1 Å². The SMILES string of the molecule is Nc1c(Cl)cc(C(O)CNCCCCCCc2ccccc2)cc1Cl. The van der Waals surface area contributed by atoms with E-state index < -0.39 is 6.10 Å². The van der Waals surface area contributed by atoms with E-state index in [1.54, 1.807) is 12.1 Å². The van der Waals surface area contributed by atoms with Crippen LogP contribution in [0.4, 0.5) is 5.69 Å². The van der Waals surface area contributed by atoms with Gasteiger partial charge in [0.25, 0.3) is 0 Å². The molecule has 0 aliphatic carbocycles. The minimum atomic E-state index is -0.645. The number of aliphatic hydroxyl groups excluding tert-OH is 1. The van der Waals surface area contributed by atoms with E-state index in [0.29, 0.717) is 27.8 Å². The van der Waals surface area contributed by atoms with Crippen molar-refractivity contribution >= 4 is 28.9 Å². The molecule has 2 aromatic rings. The quantitative estimate of drug-likeness (QED) is 0.401. The molecule has 1 atom stereocenters. The third kappa shape index (κ3) is 6.87. The van der Waals surface area contributed by atoms with E-state index in [0.717, 1.165) is 19.4 Å². The fourth-order valence-electron chi connectivity index (χ4n) is 2.73. The number of benzene rings is 2. The predicted molar refractivity (Wildman–Crippen MR) is 107 cm³/mol. The van der Waals surface area contributed by atoms with Crippen molar-refractivity contribution in [2.24, 2.45) is 0 Å². The average molecular weight is 381 g/mol. The maximum absolute atomic E-state index is 10.2. The summed E-state index contributed by atoms with van der Waals surface area (Å²) in [5.41, 5.74) is 8.14. The summed E-state index contributed by atoms with van der Waals surface area (Å²) in [7, 11) is 0. The minimum absolute atomic E-state index is 0.350. The fraction of sp³-hybridized carbons (Fsp3) is 0.400. The van der Waals surface area contributed by atoms with Crippen LogP contribution in [0.3, 0.4) is 0 Å². The van der Waals surface area contributed by atoms with Gasteiger partial charge in [0.15, 0.2) is 0 Å². The van der Waals surface area contributed by atoms with Crippen LogP contribution in [0.1, 0.15) is 42.9 Å². The highest BCUT2D eigenvalue weighted by Gasteiger charge is 2.11. The molecule has 0 amide bonds. The number of halogens is 2. The highest BCUT2D eigenvalue weighted by Crippen LogP contribution is 2.31. The van der Waals surface area contributed by atoms with E-state index >= 15 is 0 Å². The first-order valence-electron chi connectivity index (χ1n) is 8.75. The Labute approximate surface area is 160 Å². The predicted octanol–water partition coefficient (Wildman–Crippen LogP) is 5.00. The summed E-state index contributed by atoms with van der Waals surface area (Å²) in [6, 6.07) is 13.9. The summed E-state index contributed by atoms with van der Waals surface area (Å²) < 4.78 is 0. The van der Waals surface area contributed by atoms with Crippen LogP contribution >= 0.6 is 23.2 Å². The van der Waals surface area contributed by atoms with Crippen LogP contribution in [-0.2, 0) is 6.42 Å². The van der Waals surface area contributed by atoms with Crippen molar-refractivity contribution in [1.82, 2.24) is 5.32 Å². The number of nitrogens with two attached hydrogens (primary N) is 1. The summed E-state index contributed by atoms with van der Waals surface area (Å²) >= 11 is 12.0. The van der Waals surface area contributed by atoms with Crippen molar-refractivity contribution in [3.05, 3.63) is 63.6 Å². The molecule has 3 nitrogen and oxygen atoms in total. The zero-order valence-electron chi connectivity index (χ0n) is 14.3. The van der Waals surface area contributed by atoms with E-state index in [1.807, 2.05) is 0 Å². The Kier molecular flexibility index (Phi) is 8.56. The zero-order chi connectivity index (χ0) is 18.1. The van der Waals surface area contributed by atoms with Gasteiger partial charge in [0, 0.05) is 6.54 Å². The molecule has 0 bridgehead atoms. The number of aliphatic hydroxyl groups is 1. The third-order valence-electron chi connectivity index (χ3n) is 4.24. The van der Waals surface area contributed by atoms with Gasteiger partial charge in [0.05, 0.1) is 21.8 Å². The lowest BCUT2D eigenvalue weighted by Crippen LogP contribution is -2.22. The Bertz CT molecular complexity index is 626. The summed E-state index contributed by atoms with van der Waals surface area (Å²) in [5.74, 6) is 0. The lowest BCUT2D eigenvalue weighted by atomic mass is 10.1. The molecule has 4 N–H and O–H groups in total. The number of hydrogen-bond donors (Lipinski definition) is 3. The van der Waals surface area contributed by atoms with Crippen molar-refractivity contribution in [1.29, 1.82) is 0 Å². The van der Waals surface area contributed by atoms with Crippen LogP contribution in [0.25, 0.3) is 0 Å². The van der Waals surface area contributed by atoms with E-state index in [4.69, 9.17) is 28.9 Å². The molecule has 0 saturated carbocycles. The van der Waals surface area contributed by atoms with Crippen molar-refractivity contribution < 1.29 is 5.11 Å². The molecule has 25 heavy (non-hydrogen) atoms. The van der Waals surface area contributed by atoms with Crippen molar-refractivity contribution in [3.8, 4) is 0 Å². The summed E-state index contributed by atoms with van der Waals surface area (Å²) in [6.07, 6.45) is 5.23. The number of aryl methyl sites for hydroxylation is 1. The molecule has 2 aromatic carbocycles. The monoisotopic (exact) mass is 380 g/mol. The minimum Gasteiger partial charge on any atom is -0.396 e. The maximum Gasteiger partial charge on any atom is 0.0915 e. The van der Waals surface area contributed by atoms with Crippen LogP contribution in [-0.4, -0.2) is 18.2 Å². The van der Waals surface area contributed by atoms with Gasteiger partial charge in [0.1, 0.15) is 0 Å². The molecule has 1 unspecified atom stereocenters. The molecule has 0 aliphatic rings. The first-order valence-corrected chi connectivity index (χ1v) is 9.50. The molecule has 0 spiro atoms. The van der Waals surface area contributed by atoms with E-state index in [2.05, 4.69) is 35.6 Å². The van der Waals surface area contributed by atoms with Crippen LogP contribution in [0.5, 0.6) is 0 Å². The van der Waals surface area contributed by atoms with E-state index in [1.165, 1.54) is 24.8 Å². The molecular formula is C20H26Cl2N2O. The average Bonchev–Trinajstić information content (AvgIpc) is 2.62. The summed E-state index contributed by atoms with van der Waals surface area (Å²) in [6.45, 7) is 1.36. The Morgan fingerprint density at radius 1 is 0.960 bits per heavy atom. The van der Waals surface area contributed by atoms with Crippen molar-refractivity contribution in [2.45, 2.75) is 38.2 Å². The lowest BCUT2D eigenvalue weighted by molar-refractivity contribution is 0.174. The van der Waals surface area contributed by atoms with Gasteiger partial charge in [-0.1, -0.05) is 66.4 Å². The van der Waals surface area contributed by atoms with E-state index in [-0.39, 0.29) is 0 Å². The molecule has 5 heteroatoms. The second-order valence-electron chi connectivity index (χ2n) is 6.27. The van der Waals surface area contributed by atoms with Crippen molar-refractivity contribution in [3.63, 3.8) is 0 Å². The van der Waals surface area contributed by atoms with Gasteiger partial charge >= 0.3 is 0 Å². The van der Waals surface area contributed by atoms with Gasteiger partial charge < -0.3 is 16.2 Å². The molecule has 0 aromatic heterocycles. The topological polar surface area (TPSA) is 58.3 Å². The molecule has 0 fully saturated rings. The highest BCUT2D eigenvalue weighted by atomic mass is 35.5. The standard InChI is InChI=1S/C20H26Cl2N2O/c21-17-12-16(13-18(22)20(17)23)19(25)14-24-11-7-2-1-4-8-15-9-5-3-6-10-15/h3,5-6,9-10,12-13,19,24-25H,1-2,4,7-8,11,14,23H2. The Morgan fingerprint density at radius 3 is 2.28 bits per heavy atom. The molecule has 0 saturated heterocycles. The van der Waals surface area contributed by atoms with Crippen LogP contribution in [0.2, 0.25) is 10.0 Å². The number of anilines is 1. The number of nitrogens with one attached hydrogen (secondary N) is 1. The van der Waals surface area contributed by atoms with Gasteiger partial charge in [-0.2, -0.15) is 0 Å². The molecule has 2 rings (SSSR count). The molecule has 136 valence electrons. The number of nitrogen functional groups attached to an aromatic ring is 1. The van der Waals surface area contributed by atoms with Crippen LogP contribution in [0.15, 0.2) is 42.5 Å². The van der Waals surface area contributed by atoms with Crippen LogP contribution in [0, 0.1) is 0 Å². The highest BCUT2D eigenvalue weighted by molar-refractivity contribution is 6.38. The first-order chi connectivity index (χ1) is 12.1. The number of rotatable bonds is 10. The lowest BCUT2D eigenvalue weighted by Gasteiger charge is -2.14. The van der Waals surface area contributed by atoms with Gasteiger partial charge in [-0.05, 0) is 49.1 Å². The fourth-order valence-corrected chi connectivity index (χ4v) is 3.23. The second-order valence-corrected chi connectivity index (χ2v) is 7.08. The second kappa shape index (κ2) is 10.7. The van der Waals surface area contributed by atoms with Gasteiger partial charge in [-0.3, -0.25) is 0 Å². The normalized spacial score (nSPS) is 12.3. The summed E-state index contributed by atoms with van der Waals surface area (Å²) in [5, 5.41) is 14.2. The smallest absolute Gasteiger partial charge is 0.0915 e. The van der Waals surface area contributed by atoms with Gasteiger partial charge in [-0.25, -0.2) is 0 Å². The first kappa shape index (κ1) is 20.1. The van der Waals surface area contributed by atoms with Gasteiger partial charge in [-0.15, -0.1) is 0 Å². The zero-order valence-corrected chi connectivity index (χ0v) is 15.9. The Hall–Kier alpha value is -1.26. The molecular weight excluding hydrogens is 355 g/mol. The molecule has 0 heterocycles.